The molecule has 0 bridgehead atoms. The van der Waals surface area contributed by atoms with E-state index in [1.807, 2.05) is 54.6 Å². The van der Waals surface area contributed by atoms with Gasteiger partial charge in [0.2, 0.25) is 11.9 Å². The van der Waals surface area contributed by atoms with Crippen LogP contribution in [0.15, 0.2) is 216 Å². The Bertz CT molecular complexity index is 7170. The molecule has 11 heterocycles. The number of nitrogens with one attached hydrogen (secondary N) is 6. The number of anilines is 3. The van der Waals surface area contributed by atoms with Crippen molar-refractivity contribution in [1.82, 2.24) is 57.7 Å². The van der Waals surface area contributed by atoms with E-state index in [2.05, 4.69) is 50.8 Å². The third kappa shape index (κ3) is 24.6. The zero-order valence-corrected chi connectivity index (χ0v) is 83.1. The van der Waals surface area contributed by atoms with Crippen molar-refractivity contribution in [2.24, 2.45) is 5.92 Å². The number of ether oxygens (including phenoxy) is 9. The Hall–Kier alpha value is -12.6. The molecule has 6 aromatic heterocycles. The molecule has 0 radical (unpaired) electrons. The monoisotopic (exact) mass is 2070 g/mol. The molecule has 16 rings (SSSR count). The molecule has 11 aromatic rings. The van der Waals surface area contributed by atoms with E-state index in [-0.39, 0.29) is 89.7 Å². The number of nitrogens with zero attached hydrogens (tertiary/aromatic N) is 9. The minimum Gasteiger partial charge on any atom is -0.497 e. The summed E-state index contributed by atoms with van der Waals surface area (Å²) in [6.07, 6.45) is -14.7. The molecule has 51 heteroatoms. The van der Waals surface area contributed by atoms with Crippen LogP contribution in [-0.4, -0.2) is 216 Å². The molecule has 5 fully saturated rings. The predicted molar refractivity (Wildman–Crippen MR) is 513 cm³/mol. The maximum Gasteiger partial charge on any atom is 0.351 e. The second-order valence-electron chi connectivity index (χ2n) is 35.1. The summed E-state index contributed by atoms with van der Waals surface area (Å²) in [5, 5.41) is 7.73. The molecule has 0 saturated carbocycles. The van der Waals surface area contributed by atoms with Crippen molar-refractivity contribution in [2.45, 2.75) is 165 Å². The number of hydrogen-bond acceptors (Lipinski definition) is 36. The number of esters is 1. The van der Waals surface area contributed by atoms with Crippen LogP contribution >= 0.6 is 30.4 Å². The van der Waals surface area contributed by atoms with Gasteiger partial charge in [0.1, 0.15) is 96.5 Å². The van der Waals surface area contributed by atoms with E-state index >= 15 is 13.7 Å². The molecule has 5 aliphatic heterocycles. The number of rotatable bonds is 40. The van der Waals surface area contributed by atoms with Crippen LogP contribution in [0.4, 0.5) is 17.6 Å². The van der Waals surface area contributed by atoms with E-state index in [4.69, 9.17) is 78.8 Å². The Kier molecular flexibility index (Phi) is 32.0. The third-order valence-electron chi connectivity index (χ3n) is 24.3. The normalized spacial score (nSPS) is 23.8. The molecule has 0 spiro atoms. The number of aromatic nitrogens is 12. The van der Waals surface area contributed by atoms with Gasteiger partial charge in [0.05, 0.1) is 78.0 Å². The summed E-state index contributed by atoms with van der Waals surface area (Å²) < 4.78 is 173. The summed E-state index contributed by atoms with van der Waals surface area (Å²) in [6.45, 7) is 8.61. The number of benzene rings is 5. The summed E-state index contributed by atoms with van der Waals surface area (Å²) in [5.74, 6) is -2.24. The van der Waals surface area contributed by atoms with Crippen molar-refractivity contribution in [3.63, 3.8) is 0 Å². The lowest BCUT2D eigenvalue weighted by Gasteiger charge is -2.37. The lowest BCUT2D eigenvalue weighted by atomic mass is 9.80. The van der Waals surface area contributed by atoms with Gasteiger partial charge in [-0.3, -0.25) is 94.9 Å². The zero-order valence-electron chi connectivity index (χ0n) is 79.5. The van der Waals surface area contributed by atoms with E-state index in [0.717, 1.165) is 47.3 Å². The Labute approximate surface area is 819 Å². The average Bonchev–Trinajstić information content (AvgIpc) is 0.918. The molecule has 47 nitrogen and oxygen atoms in total. The van der Waals surface area contributed by atoms with Gasteiger partial charge >= 0.3 is 59.1 Å². The van der Waals surface area contributed by atoms with Crippen molar-refractivity contribution in [3.05, 3.63) is 295 Å². The number of hydrogen-bond donors (Lipinski definition) is 6. The Morgan fingerprint density at radius 3 is 1.17 bits per heavy atom. The topological polar surface area (TPSA) is 573 Å². The highest BCUT2D eigenvalue weighted by molar-refractivity contribution is 7.53. The minimum atomic E-state index is -4.62. The van der Waals surface area contributed by atoms with Crippen LogP contribution in [-0.2, 0) is 103 Å². The van der Waals surface area contributed by atoms with Gasteiger partial charge in [-0.1, -0.05) is 105 Å². The number of aromatic amines is 3. The van der Waals surface area contributed by atoms with Gasteiger partial charge in [-0.25, -0.2) is 24.2 Å². The molecule has 0 aliphatic carbocycles. The van der Waals surface area contributed by atoms with Crippen LogP contribution in [0.25, 0.3) is 11.2 Å². The molecule has 3 amide bonds. The Morgan fingerprint density at radius 2 is 0.792 bits per heavy atom. The first-order chi connectivity index (χ1) is 68.7. The molecule has 0 unspecified atom stereocenters. The van der Waals surface area contributed by atoms with Crippen LogP contribution in [0.1, 0.15) is 133 Å². The van der Waals surface area contributed by atoms with E-state index < -0.39 is 224 Å². The summed E-state index contributed by atoms with van der Waals surface area (Å²) in [7, 11) is -15.1. The van der Waals surface area contributed by atoms with Crippen LogP contribution in [0, 0.1) is 19.8 Å². The standard InChI is InChI=1S/C93H105N15O32P4/c1-52(2)82(110)100-88-99-81-80(87(115)101-88)94-51-108(81)79-39-63(131-55(5)109)69(133-79)47-127-141(8,120)140-67-43-78(107-45-54(4)84(112)103-92(107)119)136-72(67)50-130-144(11,123)139-66-41-76(105-38-36-74(98-90(105)117)96-86(114)57-23-17-13-18-24-57)135-71(66)49-129-143(10,122)138-65-40-75(104-37-35-73(97-89(104)116)95-85(113)56-21-15-12-16-22-56)134-70(65)48-128-142(9,121)137-64-42-77(106-44-53(3)83(111)102-91(106)118)132-68(64)46-126-93(58-25-19-14-20-26-58,59-27-31-61(124-6)32-28-59)60-29-33-62(125-7)34-30-60/h12-38,44-45,51-52,63-72,75-79H,39-43,46-50H2,1-11H3,(H,102,111,118)(H,103,112,119)(H,95,97,113,116)(H,96,98,114,117)(H2,99,100,101,110,115)/t63-,64-,65-,66-,67-,68+,69+,70+,71+,72+,75+,76+,77+,78+,79+,141+,142+,143+,144+/m0/s1. The highest BCUT2D eigenvalue weighted by atomic mass is 31.2. The number of amides is 3. The van der Waals surface area contributed by atoms with E-state index in [1.165, 1.54) is 80.4 Å². The Morgan fingerprint density at radius 1 is 0.438 bits per heavy atom. The molecule has 19 atom stereocenters. The molecular formula is C93H105N15O32P4. The average molecular weight is 2070 g/mol. The molecule has 5 saturated heterocycles. The van der Waals surface area contributed by atoms with Gasteiger partial charge in [-0.05, 0) is 91.2 Å². The molecule has 6 N–H and O–H groups in total. The number of carbonyl (C=O) groups excluding carboxylic acids is 4. The molecular weight excluding hydrogens is 1960 g/mol. The van der Waals surface area contributed by atoms with Crippen LogP contribution in [0.2, 0.25) is 0 Å². The summed E-state index contributed by atoms with van der Waals surface area (Å²) in [5.41, 5.74) is -4.65. The molecule has 144 heavy (non-hydrogen) atoms. The highest BCUT2D eigenvalue weighted by Crippen LogP contribution is 2.56. The smallest absolute Gasteiger partial charge is 0.351 e. The van der Waals surface area contributed by atoms with Crippen LogP contribution in [0.5, 0.6) is 11.5 Å². The second-order valence-corrected chi connectivity index (χ2v) is 43.2. The SMILES string of the molecule is COc1ccc(C(OC[C@H]2O[C@@H](n3cc(C)c(=O)[nH]c3=O)C[C@@H]2O[P@](C)(=O)OC[C@H]2O[C@@H](n3ccc(NC(=O)c4ccccc4)nc3=O)C[C@@H]2O[P@](C)(=O)OC[C@H]2O[C@@H](n3ccc(NC(=O)c4ccccc4)nc3=O)C[C@@H]2O[P@](C)(=O)OC[C@H]2O[C@@H](n3cc(C)c(=O)[nH]c3=O)C[C@@H]2O[P@](C)(=O)OC[C@H]2O[C@@H](n3cnc4c(=O)[nH]c(NC(=O)C(C)C)nc43)C[C@@H]2OC(C)=O)(c2ccccc2)c2ccc(OC)cc2)cc1. The van der Waals surface area contributed by atoms with E-state index in [9.17, 15) is 57.3 Å². The Balaban J connectivity index is 0.655. The number of imidazole rings is 1. The lowest BCUT2D eigenvalue weighted by Crippen LogP contribution is -2.38. The fourth-order valence-electron chi connectivity index (χ4n) is 17.1. The lowest BCUT2D eigenvalue weighted by molar-refractivity contribution is -0.150. The second kappa shape index (κ2) is 44.2. The van der Waals surface area contributed by atoms with Crippen LogP contribution < -0.4 is 64.9 Å². The van der Waals surface area contributed by atoms with Gasteiger partial charge in [-0.15, -0.1) is 0 Å². The molecule has 764 valence electrons. The van der Waals surface area contributed by atoms with Crippen LogP contribution in [0.3, 0.4) is 0 Å². The summed E-state index contributed by atoms with van der Waals surface area (Å²) >= 11 is 0. The number of carbonyl (C=O) groups is 4. The van der Waals surface area contributed by atoms with Crippen molar-refractivity contribution in [1.29, 1.82) is 0 Å². The van der Waals surface area contributed by atoms with Crippen molar-refractivity contribution < 1.29 is 116 Å². The van der Waals surface area contributed by atoms with Gasteiger partial charge in [0.25, 0.3) is 28.5 Å². The number of aryl methyl sites for hydroxylation is 2. The highest BCUT2D eigenvalue weighted by Gasteiger charge is 2.51. The first-order valence-corrected chi connectivity index (χ1v) is 53.5. The van der Waals surface area contributed by atoms with Crippen molar-refractivity contribution in [2.75, 3.05) is 89.9 Å². The van der Waals surface area contributed by atoms with Gasteiger partial charge in [0.15, 0.2) is 11.2 Å². The predicted octanol–water partition coefficient (Wildman–Crippen LogP) is 9.74. The quantitative estimate of drug-likeness (QED) is 0.0118. The molecule has 5 aliphatic rings. The van der Waals surface area contributed by atoms with E-state index in [1.54, 1.807) is 98.8 Å². The first-order valence-electron chi connectivity index (χ1n) is 45.5. The fourth-order valence-corrected chi connectivity index (χ4v) is 21.9. The van der Waals surface area contributed by atoms with Gasteiger partial charge < -0.3 is 89.5 Å². The van der Waals surface area contributed by atoms with Gasteiger partial charge in [-0.2, -0.15) is 15.0 Å². The van der Waals surface area contributed by atoms with E-state index in [0.29, 0.717) is 28.2 Å². The number of methoxy groups -OCH3 is 2. The number of fused-ring (bicyclic) bond motifs is 1. The van der Waals surface area contributed by atoms with Crippen molar-refractivity contribution >= 4 is 82.8 Å². The van der Waals surface area contributed by atoms with Gasteiger partial charge in [0, 0.05) is 119 Å². The maximum atomic E-state index is 15.5. The first kappa shape index (κ1) is 104. The zero-order chi connectivity index (χ0) is 102. The largest absolute Gasteiger partial charge is 0.497 e. The maximum absolute atomic E-state index is 15.5. The summed E-state index contributed by atoms with van der Waals surface area (Å²) in [4.78, 5) is 170. The molecule has 5 aromatic carbocycles. The minimum absolute atomic E-state index is 0.0116. The fraction of sp³-hybridized carbons (Fsp3) is 0.409. The third-order valence-corrected chi connectivity index (χ3v) is 29.4. The van der Waals surface area contributed by atoms with Crippen molar-refractivity contribution in [3.8, 4) is 11.5 Å². The summed E-state index contributed by atoms with van der Waals surface area (Å²) in [6, 6.07) is 42.5. The number of H-pyrrole nitrogens is 3.